The average Bonchev–Trinajstić information content (AvgIpc) is 2.79. The lowest BCUT2D eigenvalue weighted by atomic mass is 10.2. The van der Waals surface area contributed by atoms with E-state index in [9.17, 15) is 0 Å². The van der Waals surface area contributed by atoms with Crippen LogP contribution in [0.4, 0.5) is 0 Å². The van der Waals surface area contributed by atoms with Gasteiger partial charge >= 0.3 is 0 Å². The smallest absolute Gasteiger partial charge is 0.216 e. The standard InChI is InChI=1S/C15H20N4OS/c1-10(2)14-17-18-15(21)19(14)16-9-12-5-7-13(8-6-12)20-11(3)4/h5-11H,1-4H3,(H,18,21)/b16-9-. The summed E-state index contributed by atoms with van der Waals surface area (Å²) in [6, 6.07) is 7.78. The molecule has 0 amide bonds. The van der Waals surface area contributed by atoms with Crippen LogP contribution in [0.25, 0.3) is 0 Å². The largest absolute Gasteiger partial charge is 0.491 e. The number of rotatable bonds is 5. The van der Waals surface area contributed by atoms with Crippen molar-refractivity contribution in [2.45, 2.75) is 39.7 Å². The molecule has 0 saturated heterocycles. The minimum Gasteiger partial charge on any atom is -0.491 e. The van der Waals surface area contributed by atoms with E-state index in [2.05, 4.69) is 29.1 Å². The third-order valence-corrected chi connectivity index (χ3v) is 3.03. The number of aromatic amines is 1. The van der Waals surface area contributed by atoms with Gasteiger partial charge in [0, 0.05) is 5.92 Å². The Kier molecular flexibility index (Phi) is 4.90. The highest BCUT2D eigenvalue weighted by Crippen LogP contribution is 2.14. The number of nitrogens with one attached hydrogen (secondary N) is 1. The van der Waals surface area contributed by atoms with Crippen LogP contribution >= 0.6 is 12.2 Å². The lowest BCUT2D eigenvalue weighted by molar-refractivity contribution is 0.242. The second kappa shape index (κ2) is 6.67. The van der Waals surface area contributed by atoms with E-state index >= 15 is 0 Å². The van der Waals surface area contributed by atoms with Crippen LogP contribution in [0.2, 0.25) is 0 Å². The molecule has 1 aromatic carbocycles. The van der Waals surface area contributed by atoms with E-state index in [4.69, 9.17) is 17.0 Å². The van der Waals surface area contributed by atoms with E-state index in [1.807, 2.05) is 38.1 Å². The topological polar surface area (TPSA) is 55.2 Å². The first-order valence-electron chi connectivity index (χ1n) is 6.95. The van der Waals surface area contributed by atoms with Crippen LogP contribution < -0.4 is 4.74 Å². The summed E-state index contributed by atoms with van der Waals surface area (Å²) in [4.78, 5) is 0. The highest BCUT2D eigenvalue weighted by molar-refractivity contribution is 7.71. The zero-order valence-electron chi connectivity index (χ0n) is 12.7. The highest BCUT2D eigenvalue weighted by atomic mass is 32.1. The van der Waals surface area contributed by atoms with E-state index in [0.29, 0.717) is 4.77 Å². The van der Waals surface area contributed by atoms with Crippen LogP contribution in [0.3, 0.4) is 0 Å². The van der Waals surface area contributed by atoms with Gasteiger partial charge in [0.1, 0.15) is 5.75 Å². The van der Waals surface area contributed by atoms with Gasteiger partial charge in [0.25, 0.3) is 0 Å². The van der Waals surface area contributed by atoms with Gasteiger partial charge in [-0.1, -0.05) is 13.8 Å². The number of ether oxygens (including phenoxy) is 1. The molecule has 0 aliphatic rings. The maximum Gasteiger partial charge on any atom is 0.216 e. The normalized spacial score (nSPS) is 11.7. The van der Waals surface area contributed by atoms with Crippen LogP contribution in [0.15, 0.2) is 29.4 Å². The third kappa shape index (κ3) is 4.01. The zero-order valence-corrected chi connectivity index (χ0v) is 13.5. The van der Waals surface area contributed by atoms with Gasteiger partial charge in [-0.3, -0.25) is 5.10 Å². The summed E-state index contributed by atoms with van der Waals surface area (Å²) in [5, 5.41) is 11.4. The summed E-state index contributed by atoms with van der Waals surface area (Å²) < 4.78 is 7.75. The second-order valence-corrected chi connectivity index (χ2v) is 5.72. The molecule has 0 saturated carbocycles. The summed E-state index contributed by atoms with van der Waals surface area (Å²) in [7, 11) is 0. The molecule has 0 radical (unpaired) electrons. The molecule has 0 atom stereocenters. The molecule has 21 heavy (non-hydrogen) atoms. The fourth-order valence-corrected chi connectivity index (χ4v) is 2.00. The van der Waals surface area contributed by atoms with Gasteiger partial charge in [-0.15, -0.1) is 0 Å². The van der Waals surface area contributed by atoms with Crippen LogP contribution in [0, 0.1) is 4.77 Å². The molecule has 0 fully saturated rings. The van der Waals surface area contributed by atoms with Gasteiger partial charge in [0.2, 0.25) is 4.77 Å². The van der Waals surface area contributed by atoms with Crippen molar-refractivity contribution in [3.63, 3.8) is 0 Å². The van der Waals surface area contributed by atoms with Crippen molar-refractivity contribution < 1.29 is 4.74 Å². The molecular formula is C15H20N4OS. The fourth-order valence-electron chi connectivity index (χ4n) is 1.82. The molecule has 0 bridgehead atoms. The molecule has 2 aromatic rings. The van der Waals surface area contributed by atoms with Crippen molar-refractivity contribution in [1.82, 2.24) is 14.9 Å². The molecule has 112 valence electrons. The minimum atomic E-state index is 0.169. The quantitative estimate of drug-likeness (QED) is 0.676. The first-order valence-corrected chi connectivity index (χ1v) is 7.36. The third-order valence-electron chi connectivity index (χ3n) is 2.77. The molecule has 6 heteroatoms. The molecule has 0 unspecified atom stereocenters. The van der Waals surface area contributed by atoms with Gasteiger partial charge in [-0.25, -0.2) is 0 Å². The van der Waals surface area contributed by atoms with E-state index < -0.39 is 0 Å². The Morgan fingerprint density at radius 3 is 2.48 bits per heavy atom. The Morgan fingerprint density at radius 1 is 1.24 bits per heavy atom. The Bertz CT molecular complexity index is 668. The monoisotopic (exact) mass is 304 g/mol. The van der Waals surface area contributed by atoms with Gasteiger partial charge in [0.05, 0.1) is 12.3 Å². The average molecular weight is 304 g/mol. The van der Waals surface area contributed by atoms with E-state index in [1.54, 1.807) is 10.9 Å². The number of aromatic nitrogens is 3. The molecule has 5 nitrogen and oxygen atoms in total. The molecule has 0 spiro atoms. The minimum absolute atomic E-state index is 0.169. The lowest BCUT2D eigenvalue weighted by Gasteiger charge is -2.09. The summed E-state index contributed by atoms with van der Waals surface area (Å²) in [5.74, 6) is 1.91. The molecule has 0 aliphatic heterocycles. The van der Waals surface area contributed by atoms with E-state index in [0.717, 1.165) is 17.1 Å². The molecular weight excluding hydrogens is 284 g/mol. The van der Waals surface area contributed by atoms with Crippen molar-refractivity contribution in [2.24, 2.45) is 5.10 Å². The summed E-state index contributed by atoms with van der Waals surface area (Å²) in [6.45, 7) is 8.11. The maximum absolute atomic E-state index is 5.61. The fraction of sp³-hybridized carbons (Fsp3) is 0.400. The van der Waals surface area contributed by atoms with E-state index in [-0.39, 0.29) is 12.0 Å². The van der Waals surface area contributed by atoms with Crippen molar-refractivity contribution in [3.8, 4) is 5.75 Å². The van der Waals surface area contributed by atoms with Crippen LogP contribution in [-0.4, -0.2) is 27.2 Å². The van der Waals surface area contributed by atoms with Crippen LogP contribution in [-0.2, 0) is 0 Å². The number of hydrogen-bond donors (Lipinski definition) is 1. The number of hydrogen-bond acceptors (Lipinski definition) is 4. The Labute approximate surface area is 129 Å². The van der Waals surface area contributed by atoms with Crippen LogP contribution in [0.5, 0.6) is 5.75 Å². The molecule has 1 aromatic heterocycles. The van der Waals surface area contributed by atoms with Gasteiger partial charge < -0.3 is 4.74 Å². The van der Waals surface area contributed by atoms with Crippen molar-refractivity contribution in [2.75, 3.05) is 0 Å². The maximum atomic E-state index is 5.61. The van der Waals surface area contributed by atoms with Crippen molar-refractivity contribution >= 4 is 18.4 Å². The number of nitrogens with zero attached hydrogens (tertiary/aromatic N) is 3. The van der Waals surface area contributed by atoms with Gasteiger partial charge in [-0.2, -0.15) is 14.9 Å². The predicted molar refractivity (Wildman–Crippen MR) is 86.7 cm³/mol. The molecule has 1 heterocycles. The number of benzene rings is 1. The first-order chi connectivity index (χ1) is 9.97. The van der Waals surface area contributed by atoms with Gasteiger partial charge in [0.15, 0.2) is 5.82 Å². The zero-order chi connectivity index (χ0) is 15.4. The van der Waals surface area contributed by atoms with Gasteiger partial charge in [-0.05, 0) is 55.9 Å². The molecule has 1 N–H and O–H groups in total. The lowest BCUT2D eigenvalue weighted by Crippen LogP contribution is -2.05. The Balaban J connectivity index is 2.18. The second-order valence-electron chi connectivity index (χ2n) is 5.33. The van der Waals surface area contributed by atoms with Crippen LogP contribution in [0.1, 0.15) is 45.0 Å². The highest BCUT2D eigenvalue weighted by Gasteiger charge is 2.08. The molecule has 0 aliphatic carbocycles. The van der Waals surface area contributed by atoms with E-state index in [1.165, 1.54) is 0 Å². The summed E-state index contributed by atoms with van der Waals surface area (Å²) in [5.41, 5.74) is 0.976. The Hall–Kier alpha value is -1.95. The Morgan fingerprint density at radius 2 is 1.90 bits per heavy atom. The van der Waals surface area contributed by atoms with Crippen molar-refractivity contribution in [1.29, 1.82) is 0 Å². The van der Waals surface area contributed by atoms with Crippen molar-refractivity contribution in [3.05, 3.63) is 40.4 Å². The first kappa shape index (κ1) is 15.4. The predicted octanol–water partition coefficient (Wildman–Crippen LogP) is 3.73. The summed E-state index contributed by atoms with van der Waals surface area (Å²) in [6.07, 6.45) is 1.93. The molecule has 2 rings (SSSR count). The number of H-pyrrole nitrogens is 1. The summed E-state index contributed by atoms with van der Waals surface area (Å²) >= 11 is 5.19. The SMILES string of the molecule is CC(C)Oc1ccc(/C=N\n2c(C(C)C)n[nH]c2=S)cc1.